The molecule has 0 spiro atoms. The van der Waals surface area contributed by atoms with Crippen LogP contribution in [0.15, 0.2) is 0 Å². The minimum atomic E-state index is 0.00829. The second kappa shape index (κ2) is 6.05. The van der Waals surface area contributed by atoms with Crippen molar-refractivity contribution >= 4 is 5.91 Å². The van der Waals surface area contributed by atoms with Crippen molar-refractivity contribution in [1.29, 1.82) is 0 Å². The highest BCUT2D eigenvalue weighted by atomic mass is 16.2. The van der Waals surface area contributed by atoms with Crippen LogP contribution in [0.4, 0.5) is 0 Å². The molecule has 1 aliphatic carbocycles. The molecule has 0 radical (unpaired) electrons. The van der Waals surface area contributed by atoms with Crippen LogP contribution in [0.2, 0.25) is 0 Å². The van der Waals surface area contributed by atoms with E-state index in [0.717, 1.165) is 5.92 Å². The van der Waals surface area contributed by atoms with Gasteiger partial charge in [-0.1, -0.05) is 41.5 Å². The van der Waals surface area contributed by atoms with Crippen molar-refractivity contribution in [3.63, 3.8) is 0 Å². The van der Waals surface area contributed by atoms with Crippen LogP contribution < -0.4 is 5.32 Å². The molecule has 116 valence electrons. The van der Waals surface area contributed by atoms with E-state index in [1.165, 1.54) is 19.3 Å². The third-order valence-corrected chi connectivity index (χ3v) is 5.21. The third-order valence-electron chi connectivity index (χ3n) is 5.21. The number of rotatable bonds is 3. The molecule has 1 heterocycles. The van der Waals surface area contributed by atoms with E-state index < -0.39 is 0 Å². The predicted molar refractivity (Wildman–Crippen MR) is 83.2 cm³/mol. The number of hydrogen-bond donors (Lipinski definition) is 1. The Morgan fingerprint density at radius 1 is 1.10 bits per heavy atom. The van der Waals surface area contributed by atoms with Gasteiger partial charge in [0, 0.05) is 6.04 Å². The zero-order valence-electron chi connectivity index (χ0n) is 14.0. The van der Waals surface area contributed by atoms with E-state index in [2.05, 4.69) is 51.8 Å². The SMILES string of the molecule is CC1CCC(N2C(=O)C(C(C)C)NC2C(C)C)C(C)C1. The molecule has 2 aliphatic rings. The molecule has 5 unspecified atom stereocenters. The van der Waals surface area contributed by atoms with E-state index in [-0.39, 0.29) is 12.2 Å². The molecule has 1 aliphatic heterocycles. The summed E-state index contributed by atoms with van der Waals surface area (Å²) in [6, 6.07) is 0.441. The minimum Gasteiger partial charge on any atom is -0.322 e. The van der Waals surface area contributed by atoms with Crippen LogP contribution in [0, 0.1) is 23.7 Å². The lowest BCUT2D eigenvalue weighted by Gasteiger charge is -2.42. The summed E-state index contributed by atoms with van der Waals surface area (Å²) >= 11 is 0. The number of nitrogens with one attached hydrogen (secondary N) is 1. The van der Waals surface area contributed by atoms with Gasteiger partial charge in [-0.05, 0) is 42.9 Å². The second-order valence-corrected chi connectivity index (χ2v) is 7.79. The summed E-state index contributed by atoms with van der Waals surface area (Å²) in [6.45, 7) is 13.4. The number of nitrogens with zero attached hydrogens (tertiary/aromatic N) is 1. The molecule has 0 bridgehead atoms. The van der Waals surface area contributed by atoms with E-state index >= 15 is 0 Å². The van der Waals surface area contributed by atoms with E-state index in [4.69, 9.17) is 0 Å². The lowest BCUT2D eigenvalue weighted by atomic mass is 9.78. The first-order valence-corrected chi connectivity index (χ1v) is 8.41. The molecule has 0 aromatic carbocycles. The van der Waals surface area contributed by atoms with Gasteiger partial charge in [-0.2, -0.15) is 0 Å². The Hall–Kier alpha value is -0.570. The summed E-state index contributed by atoms with van der Waals surface area (Å²) in [6.07, 6.45) is 3.90. The molecule has 0 aromatic rings. The van der Waals surface area contributed by atoms with E-state index in [0.29, 0.717) is 29.7 Å². The lowest BCUT2D eigenvalue weighted by molar-refractivity contribution is -0.135. The maximum absolute atomic E-state index is 12.9. The van der Waals surface area contributed by atoms with Gasteiger partial charge in [0.05, 0.1) is 12.2 Å². The number of carbonyl (C=O) groups is 1. The van der Waals surface area contributed by atoms with Crippen LogP contribution in [0.5, 0.6) is 0 Å². The summed E-state index contributed by atoms with van der Waals surface area (Å²) in [7, 11) is 0. The zero-order valence-corrected chi connectivity index (χ0v) is 14.0. The van der Waals surface area contributed by atoms with Crippen LogP contribution >= 0.6 is 0 Å². The molecule has 20 heavy (non-hydrogen) atoms. The Bertz CT molecular complexity index is 353. The highest BCUT2D eigenvalue weighted by molar-refractivity contribution is 5.85. The van der Waals surface area contributed by atoms with Gasteiger partial charge in [-0.15, -0.1) is 0 Å². The Labute approximate surface area is 124 Å². The lowest BCUT2D eigenvalue weighted by Crippen LogP contribution is -2.51. The maximum Gasteiger partial charge on any atom is 0.241 e. The highest BCUT2D eigenvalue weighted by Gasteiger charge is 2.46. The highest BCUT2D eigenvalue weighted by Crippen LogP contribution is 2.36. The van der Waals surface area contributed by atoms with Gasteiger partial charge < -0.3 is 4.90 Å². The summed E-state index contributed by atoms with van der Waals surface area (Å²) in [5, 5.41) is 3.60. The zero-order chi connectivity index (χ0) is 15.0. The molecular formula is C17H32N2O. The Morgan fingerprint density at radius 3 is 2.25 bits per heavy atom. The molecule has 2 fully saturated rings. The average Bonchev–Trinajstić information content (AvgIpc) is 2.67. The van der Waals surface area contributed by atoms with E-state index in [1.807, 2.05) is 0 Å². The van der Waals surface area contributed by atoms with Crippen LogP contribution in [-0.4, -0.2) is 29.1 Å². The van der Waals surface area contributed by atoms with Gasteiger partial charge >= 0.3 is 0 Å². The van der Waals surface area contributed by atoms with Gasteiger partial charge in [0.1, 0.15) is 0 Å². The smallest absolute Gasteiger partial charge is 0.241 e. The van der Waals surface area contributed by atoms with Gasteiger partial charge in [0.15, 0.2) is 0 Å². The Morgan fingerprint density at radius 2 is 1.75 bits per heavy atom. The van der Waals surface area contributed by atoms with Gasteiger partial charge in [0.2, 0.25) is 5.91 Å². The average molecular weight is 280 g/mol. The number of hydrogen-bond acceptors (Lipinski definition) is 2. The maximum atomic E-state index is 12.9. The fourth-order valence-corrected chi connectivity index (χ4v) is 4.06. The van der Waals surface area contributed by atoms with Crippen LogP contribution in [-0.2, 0) is 4.79 Å². The Kier molecular flexibility index (Phi) is 4.78. The van der Waals surface area contributed by atoms with Crippen molar-refractivity contribution < 1.29 is 4.79 Å². The standard InChI is InChI=1S/C17H32N2O/c1-10(2)15-17(20)19(16(18-15)11(3)4)14-8-7-12(5)9-13(14)6/h10-16,18H,7-9H2,1-6H3. The quantitative estimate of drug-likeness (QED) is 0.860. The molecule has 1 saturated heterocycles. The molecule has 1 amide bonds. The van der Waals surface area contributed by atoms with Crippen molar-refractivity contribution in [3.05, 3.63) is 0 Å². The predicted octanol–water partition coefficient (Wildman–Crippen LogP) is 3.25. The molecule has 5 atom stereocenters. The summed E-state index contributed by atoms with van der Waals surface area (Å²) < 4.78 is 0. The summed E-state index contributed by atoms with van der Waals surface area (Å²) in [5.41, 5.74) is 0. The number of carbonyl (C=O) groups excluding carboxylic acids is 1. The third kappa shape index (κ3) is 2.88. The first kappa shape index (κ1) is 15.8. The summed E-state index contributed by atoms with van der Waals surface area (Å²) in [5.74, 6) is 2.60. The molecule has 3 nitrogen and oxygen atoms in total. The normalized spacial score (nSPS) is 39.1. The monoisotopic (exact) mass is 280 g/mol. The molecule has 1 saturated carbocycles. The summed E-state index contributed by atoms with van der Waals surface area (Å²) in [4.78, 5) is 15.1. The van der Waals surface area contributed by atoms with Crippen molar-refractivity contribution in [2.75, 3.05) is 0 Å². The van der Waals surface area contributed by atoms with E-state index in [1.54, 1.807) is 0 Å². The van der Waals surface area contributed by atoms with Crippen molar-refractivity contribution in [3.8, 4) is 0 Å². The first-order chi connectivity index (χ1) is 9.32. The largest absolute Gasteiger partial charge is 0.322 e. The molecule has 1 N–H and O–H groups in total. The van der Waals surface area contributed by atoms with Crippen molar-refractivity contribution in [2.24, 2.45) is 23.7 Å². The topological polar surface area (TPSA) is 32.3 Å². The van der Waals surface area contributed by atoms with E-state index in [9.17, 15) is 4.79 Å². The molecule has 2 rings (SSSR count). The van der Waals surface area contributed by atoms with Crippen LogP contribution in [0.3, 0.4) is 0 Å². The molecular weight excluding hydrogens is 248 g/mol. The molecule has 3 heteroatoms. The fraction of sp³-hybridized carbons (Fsp3) is 0.941. The minimum absolute atomic E-state index is 0.00829. The Balaban J connectivity index is 2.20. The number of amides is 1. The first-order valence-electron chi connectivity index (χ1n) is 8.41. The van der Waals surface area contributed by atoms with Crippen molar-refractivity contribution in [1.82, 2.24) is 10.2 Å². The van der Waals surface area contributed by atoms with Gasteiger partial charge in [-0.25, -0.2) is 0 Å². The van der Waals surface area contributed by atoms with Crippen molar-refractivity contribution in [2.45, 2.75) is 79.1 Å². The van der Waals surface area contributed by atoms with Gasteiger partial charge in [0.25, 0.3) is 0 Å². The fourth-order valence-electron chi connectivity index (χ4n) is 4.06. The van der Waals surface area contributed by atoms with Gasteiger partial charge in [-0.3, -0.25) is 10.1 Å². The van der Waals surface area contributed by atoms with Crippen LogP contribution in [0.1, 0.15) is 60.8 Å². The molecule has 0 aromatic heterocycles. The van der Waals surface area contributed by atoms with Crippen LogP contribution in [0.25, 0.3) is 0 Å². The second-order valence-electron chi connectivity index (χ2n) is 7.79.